The lowest BCUT2D eigenvalue weighted by molar-refractivity contribution is 0.197. The summed E-state index contributed by atoms with van der Waals surface area (Å²) < 4.78 is 5.44. The summed E-state index contributed by atoms with van der Waals surface area (Å²) in [6.07, 6.45) is 7.50. The number of rotatable bonds is 6. The molecule has 0 amide bonds. The number of likely N-dealkylation sites (tertiary alicyclic amines) is 2. The molecule has 0 radical (unpaired) electrons. The molecule has 0 bridgehead atoms. The van der Waals surface area contributed by atoms with Crippen molar-refractivity contribution >= 4 is 5.96 Å². The number of hydrogen-bond donors (Lipinski definition) is 1. The standard InChI is InChI=1S/C23H32N4O/c1-2-7-20(8-3-1)19-26-16-11-21(12-17-26)25-23(27-14-4-5-15-27)24-13-10-22-9-6-18-28-22/h1-3,6-9,18,21H,4-5,10-17,19H2,(H,24,25). The van der Waals surface area contributed by atoms with E-state index in [1.807, 2.05) is 12.1 Å². The zero-order valence-electron chi connectivity index (χ0n) is 16.7. The number of furan rings is 1. The van der Waals surface area contributed by atoms with E-state index >= 15 is 0 Å². The maximum atomic E-state index is 5.44. The monoisotopic (exact) mass is 380 g/mol. The fraction of sp³-hybridized carbons (Fsp3) is 0.522. The minimum Gasteiger partial charge on any atom is -0.469 e. The van der Waals surface area contributed by atoms with Gasteiger partial charge in [0.15, 0.2) is 5.96 Å². The first-order valence-corrected chi connectivity index (χ1v) is 10.7. The lowest BCUT2D eigenvalue weighted by atomic mass is 10.0. The van der Waals surface area contributed by atoms with Crippen LogP contribution in [0.5, 0.6) is 0 Å². The van der Waals surface area contributed by atoms with E-state index in [0.717, 1.165) is 57.4 Å². The molecule has 1 aromatic heterocycles. The topological polar surface area (TPSA) is 44.0 Å². The Morgan fingerprint density at radius 2 is 1.79 bits per heavy atom. The Kier molecular flexibility index (Phi) is 6.66. The number of hydrogen-bond acceptors (Lipinski definition) is 3. The molecule has 0 unspecified atom stereocenters. The first kappa shape index (κ1) is 19.1. The lowest BCUT2D eigenvalue weighted by Crippen LogP contribution is -2.49. The third-order valence-electron chi connectivity index (χ3n) is 5.78. The van der Waals surface area contributed by atoms with Gasteiger partial charge < -0.3 is 14.6 Å². The minimum atomic E-state index is 0.523. The van der Waals surface area contributed by atoms with E-state index in [4.69, 9.17) is 9.41 Å². The molecular formula is C23H32N4O. The maximum absolute atomic E-state index is 5.44. The number of nitrogens with one attached hydrogen (secondary N) is 1. The first-order valence-electron chi connectivity index (χ1n) is 10.7. The molecule has 5 heteroatoms. The highest BCUT2D eigenvalue weighted by Crippen LogP contribution is 2.15. The van der Waals surface area contributed by atoms with Crippen LogP contribution in [-0.2, 0) is 13.0 Å². The number of aliphatic imine (C=N–C) groups is 1. The molecule has 0 aliphatic carbocycles. The van der Waals surface area contributed by atoms with Crippen molar-refractivity contribution in [2.24, 2.45) is 4.99 Å². The van der Waals surface area contributed by atoms with E-state index in [2.05, 4.69) is 45.4 Å². The fourth-order valence-corrected chi connectivity index (χ4v) is 4.15. The van der Waals surface area contributed by atoms with Crippen LogP contribution in [0.1, 0.15) is 37.0 Å². The second kappa shape index (κ2) is 9.78. The zero-order chi connectivity index (χ0) is 19.0. The largest absolute Gasteiger partial charge is 0.469 e. The SMILES string of the molecule is c1ccc(CN2CCC(NC(=NCCc3ccco3)N3CCCC3)CC2)cc1. The second-order valence-electron chi connectivity index (χ2n) is 7.91. The molecule has 4 rings (SSSR count). The average Bonchev–Trinajstić information content (AvgIpc) is 3.44. The van der Waals surface area contributed by atoms with Gasteiger partial charge in [-0.2, -0.15) is 0 Å². The van der Waals surface area contributed by atoms with Crippen LogP contribution >= 0.6 is 0 Å². The van der Waals surface area contributed by atoms with E-state index in [9.17, 15) is 0 Å². The van der Waals surface area contributed by atoms with Crippen LogP contribution in [0.3, 0.4) is 0 Å². The molecule has 5 nitrogen and oxygen atoms in total. The molecule has 2 aliphatic heterocycles. The van der Waals surface area contributed by atoms with Crippen molar-refractivity contribution in [2.75, 3.05) is 32.7 Å². The highest BCUT2D eigenvalue weighted by molar-refractivity contribution is 5.80. The Morgan fingerprint density at radius 1 is 1.00 bits per heavy atom. The summed E-state index contributed by atoms with van der Waals surface area (Å²) in [6.45, 7) is 6.38. The minimum absolute atomic E-state index is 0.523. The Hall–Kier alpha value is -2.27. The van der Waals surface area contributed by atoms with Crippen LogP contribution in [0.25, 0.3) is 0 Å². The van der Waals surface area contributed by atoms with Crippen molar-refractivity contribution in [3.05, 3.63) is 60.1 Å². The second-order valence-corrected chi connectivity index (χ2v) is 7.91. The third-order valence-corrected chi connectivity index (χ3v) is 5.78. The summed E-state index contributed by atoms with van der Waals surface area (Å²) in [7, 11) is 0. The van der Waals surface area contributed by atoms with E-state index < -0.39 is 0 Å². The summed E-state index contributed by atoms with van der Waals surface area (Å²) >= 11 is 0. The summed E-state index contributed by atoms with van der Waals surface area (Å²) in [6, 6.07) is 15.3. The molecule has 28 heavy (non-hydrogen) atoms. The highest BCUT2D eigenvalue weighted by Gasteiger charge is 2.23. The van der Waals surface area contributed by atoms with Gasteiger partial charge >= 0.3 is 0 Å². The molecule has 1 aromatic carbocycles. The van der Waals surface area contributed by atoms with Gasteiger partial charge in [-0.25, -0.2) is 0 Å². The van der Waals surface area contributed by atoms with Crippen molar-refractivity contribution in [3.8, 4) is 0 Å². The van der Waals surface area contributed by atoms with Crippen LogP contribution < -0.4 is 5.32 Å². The molecule has 2 aromatic rings. The van der Waals surface area contributed by atoms with Crippen molar-refractivity contribution in [2.45, 2.75) is 44.7 Å². The number of piperidine rings is 1. The quantitative estimate of drug-likeness (QED) is 0.615. The zero-order valence-corrected chi connectivity index (χ0v) is 16.7. The Balaban J connectivity index is 1.28. The summed E-state index contributed by atoms with van der Waals surface area (Å²) in [4.78, 5) is 9.91. The lowest BCUT2D eigenvalue weighted by Gasteiger charge is -2.34. The van der Waals surface area contributed by atoms with Crippen LogP contribution in [0.4, 0.5) is 0 Å². The Labute approximate surface area is 168 Å². The molecule has 0 spiro atoms. The summed E-state index contributed by atoms with van der Waals surface area (Å²) in [5.74, 6) is 2.12. The van der Waals surface area contributed by atoms with Gasteiger partial charge in [0.25, 0.3) is 0 Å². The highest BCUT2D eigenvalue weighted by atomic mass is 16.3. The molecule has 3 heterocycles. The Bertz CT molecular complexity index is 714. The molecule has 2 saturated heterocycles. The van der Waals surface area contributed by atoms with Crippen LogP contribution in [-0.4, -0.2) is 54.5 Å². The van der Waals surface area contributed by atoms with Gasteiger partial charge in [0, 0.05) is 51.7 Å². The van der Waals surface area contributed by atoms with Gasteiger partial charge in [-0.3, -0.25) is 9.89 Å². The van der Waals surface area contributed by atoms with Crippen LogP contribution in [0, 0.1) is 0 Å². The van der Waals surface area contributed by atoms with Crippen LogP contribution in [0.15, 0.2) is 58.1 Å². The fourth-order valence-electron chi connectivity index (χ4n) is 4.15. The third kappa shape index (κ3) is 5.38. The Morgan fingerprint density at radius 3 is 2.50 bits per heavy atom. The molecule has 2 fully saturated rings. The van der Waals surface area contributed by atoms with Crippen molar-refractivity contribution in [1.29, 1.82) is 0 Å². The summed E-state index contributed by atoms with van der Waals surface area (Å²) in [5, 5.41) is 3.78. The van der Waals surface area contributed by atoms with E-state index in [-0.39, 0.29) is 0 Å². The maximum Gasteiger partial charge on any atom is 0.194 e. The van der Waals surface area contributed by atoms with Gasteiger partial charge in [0.1, 0.15) is 5.76 Å². The van der Waals surface area contributed by atoms with E-state index in [1.54, 1.807) is 6.26 Å². The number of benzene rings is 1. The van der Waals surface area contributed by atoms with Crippen molar-refractivity contribution < 1.29 is 4.42 Å². The molecule has 2 aliphatic rings. The molecule has 1 N–H and O–H groups in total. The predicted octanol–water partition coefficient (Wildman–Crippen LogP) is 3.53. The van der Waals surface area contributed by atoms with Gasteiger partial charge in [0.05, 0.1) is 6.26 Å². The van der Waals surface area contributed by atoms with Crippen molar-refractivity contribution in [3.63, 3.8) is 0 Å². The molecule has 0 saturated carbocycles. The van der Waals surface area contributed by atoms with Gasteiger partial charge in [0.2, 0.25) is 0 Å². The number of nitrogens with zero attached hydrogens (tertiary/aromatic N) is 3. The van der Waals surface area contributed by atoms with E-state index in [0.29, 0.717) is 6.04 Å². The molecule has 0 atom stereocenters. The van der Waals surface area contributed by atoms with Crippen molar-refractivity contribution in [1.82, 2.24) is 15.1 Å². The van der Waals surface area contributed by atoms with Crippen LogP contribution in [0.2, 0.25) is 0 Å². The first-order chi connectivity index (χ1) is 13.9. The van der Waals surface area contributed by atoms with Gasteiger partial charge in [-0.1, -0.05) is 30.3 Å². The smallest absolute Gasteiger partial charge is 0.194 e. The normalized spacial score (nSPS) is 19.3. The van der Waals surface area contributed by atoms with E-state index in [1.165, 1.54) is 31.2 Å². The average molecular weight is 381 g/mol. The van der Waals surface area contributed by atoms with Gasteiger partial charge in [-0.15, -0.1) is 0 Å². The van der Waals surface area contributed by atoms with Gasteiger partial charge in [-0.05, 0) is 43.4 Å². The molecule has 150 valence electrons. The number of guanidine groups is 1. The summed E-state index contributed by atoms with van der Waals surface area (Å²) in [5.41, 5.74) is 1.41. The molecular weight excluding hydrogens is 348 g/mol. The predicted molar refractivity (Wildman–Crippen MR) is 113 cm³/mol.